The summed E-state index contributed by atoms with van der Waals surface area (Å²) >= 11 is 5.86. The summed E-state index contributed by atoms with van der Waals surface area (Å²) in [7, 11) is 0. The van der Waals surface area contributed by atoms with Gasteiger partial charge in [0, 0.05) is 35.6 Å². The first-order chi connectivity index (χ1) is 18.4. The molecule has 1 aliphatic rings. The Morgan fingerprint density at radius 3 is 2.66 bits per heavy atom. The zero-order chi connectivity index (χ0) is 26.8. The van der Waals surface area contributed by atoms with Crippen molar-refractivity contribution < 1.29 is 18.4 Å². The van der Waals surface area contributed by atoms with Gasteiger partial charge in [-0.05, 0) is 60.7 Å². The van der Waals surface area contributed by atoms with Gasteiger partial charge in [0.1, 0.15) is 17.4 Å². The maximum absolute atomic E-state index is 14.3. The Morgan fingerprint density at radius 2 is 1.89 bits per heavy atom. The summed E-state index contributed by atoms with van der Waals surface area (Å²) in [5.41, 5.74) is 10.5. The minimum atomic E-state index is -0.610. The molecular formula is C30H29ClFN3O3. The van der Waals surface area contributed by atoms with Crippen molar-refractivity contribution in [3.8, 4) is 11.1 Å². The van der Waals surface area contributed by atoms with Crippen LogP contribution in [0.15, 0.2) is 71.3 Å². The van der Waals surface area contributed by atoms with E-state index in [1.165, 1.54) is 6.07 Å². The van der Waals surface area contributed by atoms with Crippen LogP contribution in [-0.2, 0) is 29.1 Å². The lowest BCUT2D eigenvalue weighted by atomic mass is 9.98. The third-order valence-corrected chi connectivity index (χ3v) is 7.50. The summed E-state index contributed by atoms with van der Waals surface area (Å²) in [6, 6.07) is 17.7. The fraction of sp³-hybridized carbons (Fsp3) is 0.267. The smallest absolute Gasteiger partial charge is 0.243 e. The summed E-state index contributed by atoms with van der Waals surface area (Å²) in [4.78, 5) is 28.3. The molecule has 38 heavy (non-hydrogen) atoms. The van der Waals surface area contributed by atoms with Gasteiger partial charge in [-0.15, -0.1) is 0 Å². The van der Waals surface area contributed by atoms with Gasteiger partial charge in [0.15, 0.2) is 0 Å². The first-order valence-corrected chi connectivity index (χ1v) is 13.0. The van der Waals surface area contributed by atoms with E-state index in [9.17, 15) is 14.0 Å². The molecule has 2 heterocycles. The van der Waals surface area contributed by atoms with Gasteiger partial charge in [-0.3, -0.25) is 9.59 Å². The van der Waals surface area contributed by atoms with Crippen LogP contribution in [0.2, 0.25) is 5.02 Å². The third-order valence-electron chi connectivity index (χ3n) is 7.21. The maximum atomic E-state index is 14.3. The van der Waals surface area contributed by atoms with Crippen LogP contribution in [0.25, 0.3) is 22.1 Å². The van der Waals surface area contributed by atoms with Gasteiger partial charge in [-0.2, -0.15) is 0 Å². The molecule has 0 spiro atoms. The highest BCUT2D eigenvalue weighted by molar-refractivity contribution is 6.30. The fourth-order valence-corrected chi connectivity index (χ4v) is 5.39. The normalized spacial score (nSPS) is 17.2. The second-order valence-corrected chi connectivity index (χ2v) is 10.1. The molecule has 0 bridgehead atoms. The van der Waals surface area contributed by atoms with Gasteiger partial charge in [-0.1, -0.05) is 48.0 Å². The van der Waals surface area contributed by atoms with Crippen molar-refractivity contribution in [1.29, 1.82) is 0 Å². The molecule has 1 aromatic heterocycles. The number of carbonyl (C=O) groups excluding carboxylic acids is 2. The van der Waals surface area contributed by atoms with E-state index in [-0.39, 0.29) is 35.8 Å². The van der Waals surface area contributed by atoms with Crippen molar-refractivity contribution in [2.75, 3.05) is 0 Å². The van der Waals surface area contributed by atoms with Crippen LogP contribution in [0.5, 0.6) is 0 Å². The number of fused-ring (bicyclic) bond motifs is 1. The number of halogens is 2. The summed E-state index contributed by atoms with van der Waals surface area (Å²) in [6.07, 6.45) is 3.05. The molecule has 4 aromatic rings. The molecule has 0 saturated carbocycles. The van der Waals surface area contributed by atoms with Crippen LogP contribution in [0.1, 0.15) is 36.5 Å². The molecule has 8 heteroatoms. The Balaban J connectivity index is 1.34. The molecule has 0 radical (unpaired) electrons. The van der Waals surface area contributed by atoms with Gasteiger partial charge in [0.25, 0.3) is 0 Å². The summed E-state index contributed by atoms with van der Waals surface area (Å²) < 4.78 is 20.0. The number of nitrogens with one attached hydrogen (secondary N) is 1. The second-order valence-electron chi connectivity index (χ2n) is 9.73. The molecule has 3 aromatic carbocycles. The van der Waals surface area contributed by atoms with Crippen molar-refractivity contribution in [2.45, 2.75) is 51.4 Å². The van der Waals surface area contributed by atoms with Crippen molar-refractivity contribution in [2.24, 2.45) is 5.73 Å². The zero-order valence-corrected chi connectivity index (χ0v) is 21.8. The van der Waals surface area contributed by atoms with Crippen molar-refractivity contribution in [3.05, 3.63) is 94.5 Å². The monoisotopic (exact) mass is 533 g/mol. The zero-order valence-electron chi connectivity index (χ0n) is 21.0. The predicted molar refractivity (Wildman–Crippen MR) is 146 cm³/mol. The quantitative estimate of drug-likeness (QED) is 0.324. The topological polar surface area (TPSA) is 88.6 Å². The molecule has 6 nitrogen and oxygen atoms in total. The number of nitrogens with zero attached hydrogens (tertiary/aromatic N) is 1. The first kappa shape index (κ1) is 25.9. The average Bonchev–Trinajstić information content (AvgIpc) is 3.55. The van der Waals surface area contributed by atoms with Gasteiger partial charge in [0.05, 0.1) is 17.7 Å². The lowest BCUT2D eigenvalue weighted by Crippen LogP contribution is -2.48. The van der Waals surface area contributed by atoms with Crippen molar-refractivity contribution in [3.63, 3.8) is 0 Å². The number of hydrogen-bond acceptors (Lipinski definition) is 4. The second kappa shape index (κ2) is 11.0. The predicted octanol–water partition coefficient (Wildman–Crippen LogP) is 5.59. The van der Waals surface area contributed by atoms with Crippen LogP contribution in [0, 0.1) is 5.82 Å². The highest BCUT2D eigenvalue weighted by Crippen LogP contribution is 2.32. The first-order valence-electron chi connectivity index (χ1n) is 12.7. The number of hydrogen-bond donors (Lipinski definition) is 2. The van der Waals surface area contributed by atoms with Crippen LogP contribution >= 0.6 is 11.6 Å². The SMILES string of the molecule is C[C@@H]1CC[C@@H](C(=O)NCc2cccc(Cl)c2F)N1C(=O)Cc1cc(-c2ccc(CN)cc2)c2occc2c1. The van der Waals surface area contributed by atoms with Crippen LogP contribution < -0.4 is 11.1 Å². The van der Waals surface area contributed by atoms with Crippen LogP contribution in [0.3, 0.4) is 0 Å². The van der Waals surface area contributed by atoms with Crippen molar-refractivity contribution >= 4 is 34.4 Å². The third kappa shape index (κ3) is 5.17. The molecule has 2 amide bonds. The van der Waals surface area contributed by atoms with Crippen LogP contribution in [0.4, 0.5) is 4.39 Å². The molecule has 1 aliphatic heterocycles. The van der Waals surface area contributed by atoms with E-state index in [2.05, 4.69) is 5.32 Å². The maximum Gasteiger partial charge on any atom is 0.243 e. The molecule has 1 saturated heterocycles. The van der Waals surface area contributed by atoms with E-state index >= 15 is 0 Å². The Bertz CT molecular complexity index is 1480. The average molecular weight is 534 g/mol. The minimum Gasteiger partial charge on any atom is -0.464 e. The number of furan rings is 1. The Morgan fingerprint density at radius 1 is 1.11 bits per heavy atom. The van der Waals surface area contributed by atoms with E-state index in [0.717, 1.165) is 39.6 Å². The Labute approximate surface area is 225 Å². The number of amides is 2. The fourth-order valence-electron chi connectivity index (χ4n) is 5.19. The molecule has 5 rings (SSSR count). The van der Waals surface area contributed by atoms with E-state index in [4.69, 9.17) is 21.8 Å². The number of rotatable bonds is 7. The molecular weight excluding hydrogens is 505 g/mol. The van der Waals surface area contributed by atoms with Gasteiger partial charge >= 0.3 is 0 Å². The number of nitrogens with two attached hydrogens (primary N) is 1. The molecule has 196 valence electrons. The number of carbonyl (C=O) groups is 2. The summed E-state index contributed by atoms with van der Waals surface area (Å²) in [5.74, 6) is -0.977. The Hall–Kier alpha value is -3.68. The standard InChI is InChI=1S/C30H29ClFN3O3/c1-18-5-10-26(30(37)34-17-23-3-2-4-25(31)28(23)32)35(18)27(36)15-20-13-22-11-12-38-29(22)24(14-20)21-8-6-19(16-33)7-9-21/h2-4,6-9,11-14,18,26H,5,10,15-17,33H2,1H3,(H,34,37)/t18-,26+/m1/s1. The minimum absolute atomic E-state index is 0.00159. The largest absolute Gasteiger partial charge is 0.464 e. The van der Waals surface area contributed by atoms with Crippen LogP contribution in [-0.4, -0.2) is 28.8 Å². The Kier molecular flexibility index (Phi) is 7.49. The van der Waals surface area contributed by atoms with E-state index in [1.807, 2.05) is 49.4 Å². The lowest BCUT2D eigenvalue weighted by molar-refractivity contribution is -0.139. The van der Waals surface area contributed by atoms with E-state index in [0.29, 0.717) is 18.5 Å². The molecule has 2 atom stereocenters. The molecule has 0 aliphatic carbocycles. The number of benzene rings is 3. The van der Waals surface area contributed by atoms with E-state index < -0.39 is 11.9 Å². The number of likely N-dealkylation sites (tertiary alicyclic amines) is 1. The highest BCUT2D eigenvalue weighted by Gasteiger charge is 2.38. The summed E-state index contributed by atoms with van der Waals surface area (Å²) in [5, 5.41) is 3.70. The molecule has 0 unspecified atom stereocenters. The summed E-state index contributed by atoms with van der Waals surface area (Å²) in [6.45, 7) is 2.41. The molecule has 3 N–H and O–H groups in total. The lowest BCUT2D eigenvalue weighted by Gasteiger charge is -2.28. The van der Waals surface area contributed by atoms with Gasteiger partial charge in [-0.25, -0.2) is 4.39 Å². The van der Waals surface area contributed by atoms with Crippen molar-refractivity contribution in [1.82, 2.24) is 10.2 Å². The molecule has 1 fully saturated rings. The van der Waals surface area contributed by atoms with E-state index in [1.54, 1.807) is 23.3 Å². The van der Waals surface area contributed by atoms with Gasteiger partial charge < -0.3 is 20.4 Å². The van der Waals surface area contributed by atoms with Gasteiger partial charge in [0.2, 0.25) is 11.8 Å². The highest BCUT2D eigenvalue weighted by atomic mass is 35.5.